The highest BCUT2D eigenvalue weighted by molar-refractivity contribution is 5.57. The zero-order valence-corrected chi connectivity index (χ0v) is 10.7. The van der Waals surface area contributed by atoms with Gasteiger partial charge in [-0.2, -0.15) is 0 Å². The van der Waals surface area contributed by atoms with E-state index in [1.807, 2.05) is 0 Å². The minimum atomic E-state index is -0.569. The Bertz CT molecular complexity index is 660. The van der Waals surface area contributed by atoms with Crippen LogP contribution in [0.25, 0.3) is 0 Å². The number of nitrogen functional groups attached to an aromatic ring is 1. The Hall–Kier alpha value is -2.63. The van der Waals surface area contributed by atoms with Gasteiger partial charge in [-0.05, 0) is 12.1 Å². The molecule has 0 atom stereocenters. The van der Waals surface area contributed by atoms with Crippen molar-refractivity contribution in [3.05, 3.63) is 36.1 Å². The molecule has 0 bridgehead atoms. The van der Waals surface area contributed by atoms with E-state index >= 15 is 0 Å². The third-order valence-corrected chi connectivity index (χ3v) is 2.86. The lowest BCUT2D eigenvalue weighted by molar-refractivity contribution is 0.174. The normalized spacial score (nSPS) is 12.3. The molecule has 0 aliphatic carbocycles. The fourth-order valence-electron chi connectivity index (χ4n) is 1.87. The van der Waals surface area contributed by atoms with Gasteiger partial charge < -0.3 is 24.7 Å². The Morgan fingerprint density at radius 1 is 1.10 bits per heavy atom. The number of benzene rings is 2. The van der Waals surface area contributed by atoms with Gasteiger partial charge in [0.15, 0.2) is 23.1 Å². The standard InChI is InChI=1S/C14H12FNO4/c1-17-13-6-12(9(15)5-10(13)16)20-8-2-3-11-14(4-8)19-7-18-11/h2-6H,7,16H2,1H3. The van der Waals surface area contributed by atoms with Crippen molar-refractivity contribution in [1.29, 1.82) is 0 Å². The van der Waals surface area contributed by atoms with E-state index in [1.54, 1.807) is 18.2 Å². The molecule has 2 N–H and O–H groups in total. The van der Waals surface area contributed by atoms with Crippen molar-refractivity contribution < 1.29 is 23.3 Å². The SMILES string of the molecule is COc1cc(Oc2ccc3c(c2)OCO3)c(F)cc1N. The molecule has 0 spiro atoms. The smallest absolute Gasteiger partial charge is 0.231 e. The van der Waals surface area contributed by atoms with Crippen LogP contribution in [0.2, 0.25) is 0 Å². The number of hydrogen-bond acceptors (Lipinski definition) is 5. The number of fused-ring (bicyclic) bond motifs is 1. The Morgan fingerprint density at radius 3 is 2.70 bits per heavy atom. The molecule has 0 unspecified atom stereocenters. The van der Waals surface area contributed by atoms with Crippen LogP contribution in [0.4, 0.5) is 10.1 Å². The quantitative estimate of drug-likeness (QED) is 0.874. The van der Waals surface area contributed by atoms with E-state index < -0.39 is 5.82 Å². The molecule has 0 saturated heterocycles. The van der Waals surface area contributed by atoms with E-state index in [-0.39, 0.29) is 18.2 Å². The van der Waals surface area contributed by atoms with Crippen LogP contribution < -0.4 is 24.7 Å². The zero-order valence-electron chi connectivity index (χ0n) is 10.7. The number of hydrogen-bond donors (Lipinski definition) is 1. The second-order valence-electron chi connectivity index (χ2n) is 4.14. The molecule has 0 radical (unpaired) electrons. The van der Waals surface area contributed by atoms with Gasteiger partial charge in [0.1, 0.15) is 11.5 Å². The van der Waals surface area contributed by atoms with Gasteiger partial charge in [-0.1, -0.05) is 0 Å². The Morgan fingerprint density at radius 2 is 1.90 bits per heavy atom. The summed E-state index contributed by atoms with van der Waals surface area (Å²) in [5, 5.41) is 0. The summed E-state index contributed by atoms with van der Waals surface area (Å²) in [6, 6.07) is 7.54. The largest absolute Gasteiger partial charge is 0.494 e. The summed E-state index contributed by atoms with van der Waals surface area (Å²) < 4.78 is 34.8. The maximum Gasteiger partial charge on any atom is 0.231 e. The lowest BCUT2D eigenvalue weighted by Gasteiger charge is -2.10. The molecule has 6 heteroatoms. The number of halogens is 1. The Balaban J connectivity index is 1.91. The lowest BCUT2D eigenvalue weighted by Crippen LogP contribution is -1.96. The van der Waals surface area contributed by atoms with E-state index in [0.717, 1.165) is 6.07 Å². The van der Waals surface area contributed by atoms with Crippen LogP contribution >= 0.6 is 0 Å². The van der Waals surface area contributed by atoms with Gasteiger partial charge in [-0.3, -0.25) is 0 Å². The molecule has 2 aromatic carbocycles. The summed E-state index contributed by atoms with van der Waals surface area (Å²) in [4.78, 5) is 0. The van der Waals surface area contributed by atoms with Crippen molar-refractivity contribution in [3.8, 4) is 28.7 Å². The number of nitrogens with two attached hydrogens (primary N) is 1. The van der Waals surface area contributed by atoms with Crippen molar-refractivity contribution in [2.45, 2.75) is 0 Å². The van der Waals surface area contributed by atoms with E-state index in [9.17, 15) is 4.39 Å². The van der Waals surface area contributed by atoms with E-state index in [2.05, 4.69) is 0 Å². The van der Waals surface area contributed by atoms with Crippen LogP contribution in [0.3, 0.4) is 0 Å². The van der Waals surface area contributed by atoms with Gasteiger partial charge in [-0.25, -0.2) is 4.39 Å². The maximum absolute atomic E-state index is 13.8. The molecule has 2 aromatic rings. The highest BCUT2D eigenvalue weighted by atomic mass is 19.1. The molecule has 1 aliphatic heterocycles. The molecule has 1 heterocycles. The van der Waals surface area contributed by atoms with Crippen molar-refractivity contribution >= 4 is 5.69 Å². The third kappa shape index (κ3) is 2.16. The fraction of sp³-hybridized carbons (Fsp3) is 0.143. The van der Waals surface area contributed by atoms with Crippen LogP contribution in [-0.2, 0) is 0 Å². The molecule has 0 fully saturated rings. The van der Waals surface area contributed by atoms with Crippen LogP contribution in [0.5, 0.6) is 28.7 Å². The van der Waals surface area contributed by atoms with Crippen molar-refractivity contribution in [2.75, 3.05) is 19.6 Å². The zero-order chi connectivity index (χ0) is 14.1. The van der Waals surface area contributed by atoms with Gasteiger partial charge in [0.25, 0.3) is 0 Å². The van der Waals surface area contributed by atoms with E-state index in [0.29, 0.717) is 23.0 Å². The third-order valence-electron chi connectivity index (χ3n) is 2.86. The van der Waals surface area contributed by atoms with Gasteiger partial charge in [0, 0.05) is 18.2 Å². The molecule has 0 saturated carbocycles. The first-order chi connectivity index (χ1) is 9.67. The monoisotopic (exact) mass is 277 g/mol. The predicted octanol–water partition coefficient (Wildman–Crippen LogP) is 2.94. The fourth-order valence-corrected chi connectivity index (χ4v) is 1.87. The van der Waals surface area contributed by atoms with Gasteiger partial charge in [0.05, 0.1) is 12.8 Å². The molecular weight excluding hydrogens is 265 g/mol. The van der Waals surface area contributed by atoms with Gasteiger partial charge >= 0.3 is 0 Å². The first-order valence-electron chi connectivity index (χ1n) is 5.88. The van der Waals surface area contributed by atoms with Crippen LogP contribution in [-0.4, -0.2) is 13.9 Å². The summed E-state index contributed by atoms with van der Waals surface area (Å²) in [7, 11) is 1.45. The second kappa shape index (κ2) is 4.80. The predicted molar refractivity (Wildman–Crippen MR) is 70.0 cm³/mol. The van der Waals surface area contributed by atoms with Crippen molar-refractivity contribution in [1.82, 2.24) is 0 Å². The molecule has 0 aromatic heterocycles. The van der Waals surface area contributed by atoms with E-state index in [1.165, 1.54) is 13.2 Å². The first kappa shape index (κ1) is 12.4. The average Bonchev–Trinajstić information content (AvgIpc) is 2.89. The molecule has 1 aliphatic rings. The second-order valence-corrected chi connectivity index (χ2v) is 4.14. The summed E-state index contributed by atoms with van der Waals surface area (Å²) in [5.74, 6) is 1.43. The maximum atomic E-state index is 13.8. The highest BCUT2D eigenvalue weighted by Gasteiger charge is 2.16. The van der Waals surface area contributed by atoms with Gasteiger partial charge in [0.2, 0.25) is 6.79 Å². The number of rotatable bonds is 3. The Labute approximate surface area is 114 Å². The summed E-state index contributed by atoms with van der Waals surface area (Å²) in [6.07, 6.45) is 0. The number of ether oxygens (including phenoxy) is 4. The van der Waals surface area contributed by atoms with Crippen molar-refractivity contribution in [2.24, 2.45) is 0 Å². The molecule has 104 valence electrons. The molecular formula is C14H12FNO4. The topological polar surface area (TPSA) is 62.9 Å². The van der Waals surface area contributed by atoms with E-state index in [4.69, 9.17) is 24.7 Å². The lowest BCUT2D eigenvalue weighted by atomic mass is 10.2. The van der Waals surface area contributed by atoms with Gasteiger partial charge in [-0.15, -0.1) is 0 Å². The minimum Gasteiger partial charge on any atom is -0.494 e. The Kier molecular flexibility index (Phi) is 2.98. The number of methoxy groups -OCH3 is 1. The van der Waals surface area contributed by atoms with Crippen LogP contribution in [0, 0.1) is 5.82 Å². The first-order valence-corrected chi connectivity index (χ1v) is 5.88. The minimum absolute atomic E-state index is 0.0231. The summed E-state index contributed by atoms with van der Waals surface area (Å²) in [6.45, 7) is 0.169. The average molecular weight is 277 g/mol. The molecule has 20 heavy (non-hydrogen) atoms. The van der Waals surface area contributed by atoms with Crippen molar-refractivity contribution in [3.63, 3.8) is 0 Å². The molecule has 3 rings (SSSR count). The van der Waals surface area contributed by atoms with Crippen LogP contribution in [0.1, 0.15) is 0 Å². The number of anilines is 1. The summed E-state index contributed by atoms with van der Waals surface area (Å²) in [5.41, 5.74) is 5.82. The molecule has 0 amide bonds. The summed E-state index contributed by atoms with van der Waals surface area (Å²) >= 11 is 0. The molecule has 5 nitrogen and oxygen atoms in total. The van der Waals surface area contributed by atoms with Crippen LogP contribution in [0.15, 0.2) is 30.3 Å². The highest BCUT2D eigenvalue weighted by Crippen LogP contribution is 2.38.